The molecule has 1 fully saturated rings. The zero-order valence-electron chi connectivity index (χ0n) is 13.8. The van der Waals surface area contributed by atoms with Gasteiger partial charge in [0.15, 0.2) is 0 Å². The monoisotopic (exact) mass is 310 g/mol. The first-order chi connectivity index (χ1) is 11.2. The Labute approximate surface area is 139 Å². The summed E-state index contributed by atoms with van der Waals surface area (Å²) in [4.78, 5) is 4.87. The third-order valence-electron chi connectivity index (χ3n) is 4.65. The van der Waals surface area contributed by atoms with Crippen molar-refractivity contribution in [2.75, 3.05) is 19.6 Å². The molecule has 122 valence electrons. The van der Waals surface area contributed by atoms with Gasteiger partial charge in [-0.3, -0.25) is 9.80 Å². The lowest BCUT2D eigenvalue weighted by Gasteiger charge is -2.43. The van der Waals surface area contributed by atoms with Crippen molar-refractivity contribution in [3.8, 4) is 0 Å². The van der Waals surface area contributed by atoms with E-state index in [0.29, 0.717) is 0 Å². The van der Waals surface area contributed by atoms with Crippen LogP contribution < -0.4 is 0 Å². The molecule has 3 heteroatoms. The van der Waals surface area contributed by atoms with Crippen LogP contribution in [0, 0.1) is 0 Å². The molecule has 0 spiro atoms. The van der Waals surface area contributed by atoms with Crippen molar-refractivity contribution in [3.05, 3.63) is 71.8 Å². The summed E-state index contributed by atoms with van der Waals surface area (Å²) in [5.74, 6) is 0. The molecule has 0 amide bonds. The summed E-state index contributed by atoms with van der Waals surface area (Å²) in [6.45, 7) is 6.75. The molecule has 0 saturated carbocycles. The molecule has 23 heavy (non-hydrogen) atoms. The van der Waals surface area contributed by atoms with E-state index in [-0.39, 0.29) is 12.1 Å². The predicted octanol–water partition coefficient (Wildman–Crippen LogP) is 2.75. The molecule has 1 saturated heterocycles. The molecule has 1 unspecified atom stereocenters. The smallest absolute Gasteiger partial charge is 0.0679 e. The molecule has 1 N–H and O–H groups in total. The molecule has 0 bridgehead atoms. The molecule has 2 atom stereocenters. The highest BCUT2D eigenvalue weighted by Crippen LogP contribution is 2.18. The van der Waals surface area contributed by atoms with Crippen LogP contribution in [0.4, 0.5) is 0 Å². The first-order valence-electron chi connectivity index (χ1n) is 8.44. The Morgan fingerprint density at radius 3 is 2.04 bits per heavy atom. The Hall–Kier alpha value is -1.68. The fourth-order valence-electron chi connectivity index (χ4n) is 3.36. The van der Waals surface area contributed by atoms with Crippen molar-refractivity contribution in [1.82, 2.24) is 9.80 Å². The fraction of sp³-hybridized carbons (Fsp3) is 0.400. The molecule has 2 aromatic rings. The van der Waals surface area contributed by atoms with Crippen LogP contribution in [0.25, 0.3) is 0 Å². The maximum absolute atomic E-state index is 10.2. The second kappa shape index (κ2) is 7.73. The normalized spacial score (nSPS) is 21.2. The number of piperazine rings is 1. The van der Waals surface area contributed by atoms with Crippen LogP contribution in [-0.2, 0) is 13.1 Å². The Balaban J connectivity index is 1.64. The minimum atomic E-state index is -0.322. The second-order valence-electron chi connectivity index (χ2n) is 6.48. The van der Waals surface area contributed by atoms with Gasteiger partial charge in [0.05, 0.1) is 6.10 Å². The quantitative estimate of drug-likeness (QED) is 0.920. The number of aliphatic hydroxyl groups is 1. The van der Waals surface area contributed by atoms with E-state index in [2.05, 4.69) is 64.4 Å². The van der Waals surface area contributed by atoms with Gasteiger partial charge in [-0.15, -0.1) is 0 Å². The average molecular weight is 310 g/mol. The number of hydrogen-bond donors (Lipinski definition) is 1. The van der Waals surface area contributed by atoms with Crippen LogP contribution in [0.2, 0.25) is 0 Å². The summed E-state index contributed by atoms with van der Waals surface area (Å²) in [5.41, 5.74) is 2.66. The molecule has 0 aromatic heterocycles. The van der Waals surface area contributed by atoms with Crippen molar-refractivity contribution in [1.29, 1.82) is 0 Å². The van der Waals surface area contributed by atoms with Gasteiger partial charge in [-0.1, -0.05) is 60.7 Å². The zero-order valence-corrected chi connectivity index (χ0v) is 13.8. The van der Waals surface area contributed by atoms with Crippen LogP contribution in [0.15, 0.2) is 60.7 Å². The summed E-state index contributed by atoms with van der Waals surface area (Å²) in [6.07, 6.45) is -0.322. The van der Waals surface area contributed by atoms with Gasteiger partial charge >= 0.3 is 0 Å². The third kappa shape index (κ3) is 4.41. The predicted molar refractivity (Wildman–Crippen MR) is 94.0 cm³/mol. The second-order valence-corrected chi connectivity index (χ2v) is 6.48. The molecule has 0 aliphatic carbocycles. The van der Waals surface area contributed by atoms with Crippen molar-refractivity contribution in [2.24, 2.45) is 0 Å². The number of aliphatic hydroxyl groups excluding tert-OH is 1. The minimum Gasteiger partial charge on any atom is -0.392 e. The first-order valence-corrected chi connectivity index (χ1v) is 8.44. The molecule has 2 aromatic carbocycles. The average Bonchev–Trinajstić information content (AvgIpc) is 2.58. The van der Waals surface area contributed by atoms with Gasteiger partial charge < -0.3 is 5.11 Å². The fourth-order valence-corrected chi connectivity index (χ4v) is 3.36. The topological polar surface area (TPSA) is 26.7 Å². The molecule has 1 heterocycles. The lowest BCUT2D eigenvalue weighted by Crippen LogP contribution is -2.56. The summed E-state index contributed by atoms with van der Waals surface area (Å²) >= 11 is 0. The summed E-state index contributed by atoms with van der Waals surface area (Å²) < 4.78 is 0. The van der Waals surface area contributed by atoms with E-state index in [1.165, 1.54) is 11.1 Å². The minimum absolute atomic E-state index is 0.188. The summed E-state index contributed by atoms with van der Waals surface area (Å²) in [5, 5.41) is 10.2. The number of nitrogens with zero attached hydrogens (tertiary/aromatic N) is 2. The van der Waals surface area contributed by atoms with Gasteiger partial charge in [-0.05, 0) is 18.1 Å². The van der Waals surface area contributed by atoms with Gasteiger partial charge in [0.2, 0.25) is 0 Å². The SMILES string of the molecule is C[C@H](O)C1CN(Cc2ccccc2)CCN1Cc1ccccc1. The standard InChI is InChI=1S/C20H26N2O/c1-17(23)20-16-21(14-18-8-4-2-5-9-18)12-13-22(20)15-19-10-6-3-7-11-19/h2-11,17,20,23H,12-16H2,1H3/t17-,20?/m0/s1. The molecule has 3 rings (SSSR count). The summed E-state index contributed by atoms with van der Waals surface area (Å²) in [7, 11) is 0. The van der Waals surface area contributed by atoms with Gasteiger partial charge in [0.25, 0.3) is 0 Å². The van der Waals surface area contributed by atoms with E-state index in [1.807, 2.05) is 13.0 Å². The van der Waals surface area contributed by atoms with E-state index >= 15 is 0 Å². The zero-order chi connectivity index (χ0) is 16.1. The Morgan fingerprint density at radius 2 is 1.48 bits per heavy atom. The van der Waals surface area contributed by atoms with E-state index < -0.39 is 0 Å². The van der Waals surface area contributed by atoms with Crippen molar-refractivity contribution < 1.29 is 5.11 Å². The van der Waals surface area contributed by atoms with Gasteiger partial charge in [0.1, 0.15) is 0 Å². The van der Waals surface area contributed by atoms with Crippen molar-refractivity contribution >= 4 is 0 Å². The van der Waals surface area contributed by atoms with Crippen molar-refractivity contribution in [2.45, 2.75) is 32.2 Å². The largest absolute Gasteiger partial charge is 0.392 e. The van der Waals surface area contributed by atoms with E-state index in [0.717, 1.165) is 32.7 Å². The molecule has 3 nitrogen and oxygen atoms in total. The van der Waals surface area contributed by atoms with Crippen LogP contribution in [0.1, 0.15) is 18.1 Å². The van der Waals surface area contributed by atoms with Gasteiger partial charge in [-0.2, -0.15) is 0 Å². The van der Waals surface area contributed by atoms with Gasteiger partial charge in [-0.25, -0.2) is 0 Å². The number of hydrogen-bond acceptors (Lipinski definition) is 3. The van der Waals surface area contributed by atoms with E-state index in [1.54, 1.807) is 0 Å². The molecule has 0 radical (unpaired) electrons. The molecular weight excluding hydrogens is 284 g/mol. The van der Waals surface area contributed by atoms with Crippen molar-refractivity contribution in [3.63, 3.8) is 0 Å². The highest BCUT2D eigenvalue weighted by Gasteiger charge is 2.30. The Kier molecular flexibility index (Phi) is 5.44. The lowest BCUT2D eigenvalue weighted by molar-refractivity contribution is -0.00558. The number of benzene rings is 2. The van der Waals surface area contributed by atoms with Crippen LogP contribution in [-0.4, -0.2) is 46.7 Å². The first kappa shape index (κ1) is 16.2. The molecule has 1 aliphatic rings. The molecular formula is C20H26N2O. The Bertz CT molecular complexity index is 585. The van der Waals surface area contributed by atoms with Crippen LogP contribution in [0.3, 0.4) is 0 Å². The van der Waals surface area contributed by atoms with Gasteiger partial charge in [0, 0.05) is 38.8 Å². The lowest BCUT2D eigenvalue weighted by atomic mass is 10.0. The van der Waals surface area contributed by atoms with Crippen LogP contribution in [0.5, 0.6) is 0 Å². The highest BCUT2D eigenvalue weighted by atomic mass is 16.3. The third-order valence-corrected chi connectivity index (χ3v) is 4.65. The van der Waals surface area contributed by atoms with E-state index in [9.17, 15) is 5.11 Å². The van der Waals surface area contributed by atoms with Crippen LogP contribution >= 0.6 is 0 Å². The highest BCUT2D eigenvalue weighted by molar-refractivity contribution is 5.16. The van der Waals surface area contributed by atoms with E-state index in [4.69, 9.17) is 0 Å². The Morgan fingerprint density at radius 1 is 0.913 bits per heavy atom. The maximum atomic E-state index is 10.2. The summed E-state index contributed by atoms with van der Waals surface area (Å²) in [6, 6.07) is 21.3. The molecule has 1 aliphatic heterocycles. The number of rotatable bonds is 5. The maximum Gasteiger partial charge on any atom is 0.0679 e.